The summed E-state index contributed by atoms with van der Waals surface area (Å²) in [6.45, 7) is 3.51. The van der Waals surface area contributed by atoms with Crippen LogP contribution >= 0.6 is 11.3 Å². The average Bonchev–Trinajstić information content (AvgIpc) is 3.22. The van der Waals surface area contributed by atoms with Crippen LogP contribution in [0.15, 0.2) is 17.6 Å². The van der Waals surface area contributed by atoms with Crippen LogP contribution in [0.1, 0.15) is 33.7 Å². The Hall–Kier alpha value is -2.42. The number of nitrogens with zero attached hydrogens (tertiary/aromatic N) is 5. The van der Waals surface area contributed by atoms with Crippen molar-refractivity contribution in [1.29, 1.82) is 0 Å². The summed E-state index contributed by atoms with van der Waals surface area (Å²) in [7, 11) is 3.50. The summed E-state index contributed by atoms with van der Waals surface area (Å²) in [5.74, 6) is -0.165. The van der Waals surface area contributed by atoms with E-state index in [2.05, 4.69) is 15.4 Å². The van der Waals surface area contributed by atoms with Gasteiger partial charge in [0.05, 0.1) is 23.3 Å². The first kappa shape index (κ1) is 17.4. The number of aromatic nitrogens is 3. The number of rotatable bonds is 4. The van der Waals surface area contributed by atoms with E-state index in [-0.39, 0.29) is 18.0 Å². The van der Waals surface area contributed by atoms with E-state index in [1.807, 2.05) is 22.6 Å². The molecule has 0 spiro atoms. The first-order chi connectivity index (χ1) is 12.0. The van der Waals surface area contributed by atoms with E-state index >= 15 is 0 Å². The molecule has 0 aliphatic carbocycles. The second-order valence-corrected chi connectivity index (χ2v) is 7.34. The first-order valence-electron chi connectivity index (χ1n) is 8.14. The topological polar surface area (TPSA) is 83.4 Å². The summed E-state index contributed by atoms with van der Waals surface area (Å²) in [5, 5.41) is 9.91. The molecule has 8 nitrogen and oxygen atoms in total. The van der Waals surface area contributed by atoms with Crippen molar-refractivity contribution >= 4 is 23.3 Å². The van der Waals surface area contributed by atoms with Gasteiger partial charge in [-0.25, -0.2) is 9.78 Å². The lowest BCUT2D eigenvalue weighted by Gasteiger charge is -2.35. The zero-order valence-electron chi connectivity index (χ0n) is 14.6. The lowest BCUT2D eigenvalue weighted by Crippen LogP contribution is -2.46. The molecule has 3 rings (SSSR count). The summed E-state index contributed by atoms with van der Waals surface area (Å²) in [6, 6.07) is 1.96. The van der Waals surface area contributed by atoms with E-state index in [4.69, 9.17) is 0 Å². The zero-order valence-corrected chi connectivity index (χ0v) is 15.4. The third kappa shape index (κ3) is 3.81. The van der Waals surface area contributed by atoms with Gasteiger partial charge < -0.3 is 15.1 Å². The van der Waals surface area contributed by atoms with Crippen LogP contribution in [0.3, 0.4) is 0 Å². The average molecular weight is 362 g/mol. The van der Waals surface area contributed by atoms with E-state index in [0.717, 1.165) is 10.7 Å². The zero-order chi connectivity index (χ0) is 18.0. The number of aryl methyl sites for hydroxylation is 1. The Morgan fingerprint density at radius 3 is 2.92 bits per heavy atom. The van der Waals surface area contributed by atoms with E-state index in [9.17, 15) is 9.59 Å². The fourth-order valence-corrected chi connectivity index (χ4v) is 3.53. The van der Waals surface area contributed by atoms with E-state index in [1.54, 1.807) is 30.6 Å². The van der Waals surface area contributed by atoms with Gasteiger partial charge in [0.25, 0.3) is 5.91 Å². The molecular weight excluding hydrogens is 340 g/mol. The van der Waals surface area contributed by atoms with Gasteiger partial charge in [0.2, 0.25) is 0 Å². The lowest BCUT2D eigenvalue weighted by atomic mass is 10.1. The monoisotopic (exact) mass is 362 g/mol. The molecule has 0 radical (unpaired) electrons. The highest BCUT2D eigenvalue weighted by atomic mass is 32.1. The fourth-order valence-electron chi connectivity index (χ4n) is 2.94. The van der Waals surface area contributed by atoms with Crippen LogP contribution in [-0.4, -0.2) is 63.7 Å². The number of thiazole rings is 1. The van der Waals surface area contributed by atoms with Crippen LogP contribution in [0.4, 0.5) is 4.79 Å². The Balaban J connectivity index is 1.61. The van der Waals surface area contributed by atoms with Crippen molar-refractivity contribution in [2.45, 2.75) is 25.9 Å². The van der Waals surface area contributed by atoms with Gasteiger partial charge in [0.1, 0.15) is 5.69 Å². The molecule has 1 aliphatic heterocycles. The van der Waals surface area contributed by atoms with Gasteiger partial charge in [-0.15, -0.1) is 11.3 Å². The number of fused-ring (bicyclic) bond motifs is 1. The molecular formula is C16H22N6O2S. The van der Waals surface area contributed by atoms with Crippen molar-refractivity contribution in [2.75, 3.05) is 27.2 Å². The number of urea groups is 1. The van der Waals surface area contributed by atoms with Crippen LogP contribution in [-0.2, 0) is 6.54 Å². The maximum atomic E-state index is 12.3. The summed E-state index contributed by atoms with van der Waals surface area (Å²) in [4.78, 5) is 32.0. The molecule has 3 amide bonds. The van der Waals surface area contributed by atoms with Gasteiger partial charge in [0, 0.05) is 38.8 Å². The number of carbonyl (C=O) groups excluding carboxylic acids is 2. The molecule has 0 saturated carbocycles. The maximum absolute atomic E-state index is 12.3. The Bertz CT molecular complexity index is 768. The first-order valence-corrected chi connectivity index (χ1v) is 9.02. The Morgan fingerprint density at radius 2 is 2.24 bits per heavy atom. The van der Waals surface area contributed by atoms with Crippen LogP contribution < -0.4 is 5.32 Å². The van der Waals surface area contributed by atoms with Gasteiger partial charge >= 0.3 is 6.03 Å². The quantitative estimate of drug-likeness (QED) is 0.894. The van der Waals surface area contributed by atoms with Gasteiger partial charge in [-0.3, -0.25) is 9.48 Å². The third-order valence-electron chi connectivity index (χ3n) is 4.15. The smallest absolute Gasteiger partial charge is 0.319 e. The van der Waals surface area contributed by atoms with Gasteiger partial charge in [-0.05, 0) is 19.4 Å². The summed E-state index contributed by atoms with van der Waals surface area (Å²) >= 11 is 1.46. The molecule has 9 heteroatoms. The normalized spacial score (nSPS) is 16.4. The van der Waals surface area contributed by atoms with Crippen molar-refractivity contribution in [2.24, 2.45) is 0 Å². The summed E-state index contributed by atoms with van der Waals surface area (Å²) in [5.41, 5.74) is 1.46. The lowest BCUT2D eigenvalue weighted by molar-refractivity contribution is 0.0942. The van der Waals surface area contributed by atoms with E-state index < -0.39 is 0 Å². The fraction of sp³-hybridized carbons (Fsp3) is 0.500. The number of carbonyl (C=O) groups is 2. The highest BCUT2D eigenvalue weighted by Gasteiger charge is 2.29. The van der Waals surface area contributed by atoms with Crippen LogP contribution in [0.2, 0.25) is 0 Å². The van der Waals surface area contributed by atoms with Gasteiger partial charge in [-0.1, -0.05) is 0 Å². The standard InChI is InChI=1S/C16H22N6O2S/c1-11-19-14(10-25-11)15(23)17-6-4-12-8-21(16(24)20(2)3)9-13-5-7-18-22(12)13/h5,7,10,12H,4,6,8-9H2,1-3H3,(H,17,23). The van der Waals surface area contributed by atoms with Crippen LogP contribution in [0.25, 0.3) is 0 Å². The molecule has 1 unspecified atom stereocenters. The van der Waals surface area contributed by atoms with Gasteiger partial charge in [0.15, 0.2) is 0 Å². The van der Waals surface area contributed by atoms with Crippen molar-refractivity contribution in [3.05, 3.63) is 34.0 Å². The van der Waals surface area contributed by atoms with E-state index in [0.29, 0.717) is 31.7 Å². The minimum Gasteiger partial charge on any atom is -0.351 e. The number of hydrogen-bond donors (Lipinski definition) is 1. The molecule has 1 atom stereocenters. The number of hydrogen-bond acceptors (Lipinski definition) is 5. The van der Waals surface area contributed by atoms with E-state index in [1.165, 1.54) is 11.3 Å². The minimum absolute atomic E-state index is 0.0144. The molecule has 1 N–H and O–H groups in total. The van der Waals surface area contributed by atoms with Crippen molar-refractivity contribution in [1.82, 2.24) is 29.9 Å². The van der Waals surface area contributed by atoms with Crippen LogP contribution in [0, 0.1) is 6.92 Å². The number of nitrogens with one attached hydrogen (secondary N) is 1. The summed E-state index contributed by atoms with van der Waals surface area (Å²) in [6.07, 6.45) is 2.45. The Kier molecular flexibility index (Phi) is 5.03. The SMILES string of the molecule is Cc1nc(C(=O)NCCC2CN(C(=O)N(C)C)Cc3ccnn32)cs1. The predicted molar refractivity (Wildman–Crippen MR) is 94.6 cm³/mol. The minimum atomic E-state index is -0.165. The molecule has 0 fully saturated rings. The molecule has 3 heterocycles. The third-order valence-corrected chi connectivity index (χ3v) is 4.92. The second-order valence-electron chi connectivity index (χ2n) is 6.27. The molecule has 134 valence electrons. The largest absolute Gasteiger partial charge is 0.351 e. The predicted octanol–water partition coefficient (Wildman–Crippen LogP) is 1.51. The molecule has 2 aromatic rings. The van der Waals surface area contributed by atoms with Crippen molar-refractivity contribution in [3.63, 3.8) is 0 Å². The highest BCUT2D eigenvalue weighted by molar-refractivity contribution is 7.09. The maximum Gasteiger partial charge on any atom is 0.319 e. The highest BCUT2D eigenvalue weighted by Crippen LogP contribution is 2.23. The second kappa shape index (κ2) is 7.22. The van der Waals surface area contributed by atoms with Crippen molar-refractivity contribution < 1.29 is 9.59 Å². The molecule has 25 heavy (non-hydrogen) atoms. The summed E-state index contributed by atoms with van der Waals surface area (Å²) < 4.78 is 1.96. The van der Waals surface area contributed by atoms with Gasteiger partial charge in [-0.2, -0.15) is 5.10 Å². The molecule has 2 aromatic heterocycles. The van der Waals surface area contributed by atoms with Crippen LogP contribution in [0.5, 0.6) is 0 Å². The molecule has 0 saturated heterocycles. The molecule has 1 aliphatic rings. The Morgan fingerprint density at radius 1 is 1.44 bits per heavy atom. The molecule has 0 bridgehead atoms. The molecule has 0 aromatic carbocycles. The number of amides is 3. The van der Waals surface area contributed by atoms with Crippen molar-refractivity contribution in [3.8, 4) is 0 Å². The Labute approximate surface area is 150 Å².